The third-order valence-electron chi connectivity index (χ3n) is 4.32. The van der Waals surface area contributed by atoms with Crippen LogP contribution in [0.25, 0.3) is 22.6 Å². The molecule has 0 saturated heterocycles. The number of hydrogen-bond donors (Lipinski definition) is 1. The van der Waals surface area contributed by atoms with E-state index in [1.165, 1.54) is 0 Å². The first-order chi connectivity index (χ1) is 13.0. The summed E-state index contributed by atoms with van der Waals surface area (Å²) >= 11 is 5.97. The highest BCUT2D eigenvalue weighted by Crippen LogP contribution is 2.29. The number of oxazole rings is 1. The molecule has 0 fully saturated rings. The average Bonchev–Trinajstić information content (AvgIpc) is 3.06. The summed E-state index contributed by atoms with van der Waals surface area (Å²) in [6.45, 7) is 4.00. The quantitative estimate of drug-likeness (QED) is 0.432. The van der Waals surface area contributed by atoms with E-state index in [-0.39, 0.29) is 5.75 Å². The Bertz CT molecular complexity index is 1180. The van der Waals surface area contributed by atoms with Gasteiger partial charge in [0, 0.05) is 22.4 Å². The number of benzene rings is 3. The zero-order chi connectivity index (χ0) is 19.0. The fraction of sp³-hybridized carbons (Fsp3) is 0.0909. The smallest absolute Gasteiger partial charge is 0.227 e. The van der Waals surface area contributed by atoms with Gasteiger partial charge in [-0.1, -0.05) is 17.7 Å². The summed E-state index contributed by atoms with van der Waals surface area (Å²) in [5, 5.41) is 10.4. The maximum absolute atomic E-state index is 9.89. The van der Waals surface area contributed by atoms with Crippen LogP contribution in [0, 0.1) is 13.8 Å². The summed E-state index contributed by atoms with van der Waals surface area (Å²) in [6, 6.07) is 16.6. The predicted molar refractivity (Wildman–Crippen MR) is 109 cm³/mol. The van der Waals surface area contributed by atoms with Gasteiger partial charge in [-0.25, -0.2) is 4.98 Å². The van der Waals surface area contributed by atoms with Crippen LogP contribution in [0.2, 0.25) is 5.02 Å². The molecule has 0 spiro atoms. The summed E-state index contributed by atoms with van der Waals surface area (Å²) in [7, 11) is 0. The van der Waals surface area contributed by atoms with Crippen LogP contribution in [0.1, 0.15) is 16.7 Å². The van der Waals surface area contributed by atoms with Crippen LogP contribution in [-0.2, 0) is 0 Å². The SMILES string of the molecule is Cc1ccc2oc(-c3ccc(N=Cc4cc(Cl)ccc4O)c(C)c3)nc2c1. The van der Waals surface area contributed by atoms with Crippen molar-refractivity contribution in [2.24, 2.45) is 4.99 Å². The van der Waals surface area contributed by atoms with Crippen LogP contribution in [0.5, 0.6) is 5.75 Å². The molecule has 1 aromatic heterocycles. The minimum absolute atomic E-state index is 0.138. The first kappa shape index (κ1) is 17.3. The van der Waals surface area contributed by atoms with Crippen molar-refractivity contribution in [3.8, 4) is 17.2 Å². The molecule has 1 N–H and O–H groups in total. The van der Waals surface area contributed by atoms with E-state index in [4.69, 9.17) is 16.0 Å². The Morgan fingerprint density at radius 1 is 1.04 bits per heavy atom. The van der Waals surface area contributed by atoms with E-state index in [2.05, 4.69) is 9.98 Å². The van der Waals surface area contributed by atoms with Gasteiger partial charge in [0.05, 0.1) is 5.69 Å². The summed E-state index contributed by atoms with van der Waals surface area (Å²) < 4.78 is 5.86. The third kappa shape index (κ3) is 3.57. The van der Waals surface area contributed by atoms with Crippen molar-refractivity contribution in [2.45, 2.75) is 13.8 Å². The maximum atomic E-state index is 9.89. The lowest BCUT2D eigenvalue weighted by atomic mass is 10.1. The number of aryl methyl sites for hydroxylation is 2. The van der Waals surface area contributed by atoms with E-state index in [1.54, 1.807) is 24.4 Å². The Morgan fingerprint density at radius 2 is 1.89 bits per heavy atom. The van der Waals surface area contributed by atoms with E-state index in [0.717, 1.165) is 33.5 Å². The molecule has 0 radical (unpaired) electrons. The number of aromatic nitrogens is 1. The van der Waals surface area contributed by atoms with E-state index in [1.807, 2.05) is 50.2 Å². The molecule has 0 amide bonds. The number of phenolic OH excluding ortho intramolecular Hbond substituents is 1. The standard InChI is InChI=1S/C22H17ClN2O2/c1-13-3-8-21-19(9-13)25-22(27-21)15-4-6-18(14(2)10-15)24-12-16-11-17(23)5-7-20(16)26/h3-12,26H,1-2H3. The van der Waals surface area contributed by atoms with Crippen molar-refractivity contribution < 1.29 is 9.52 Å². The molecule has 0 saturated carbocycles. The van der Waals surface area contributed by atoms with Gasteiger partial charge in [-0.3, -0.25) is 4.99 Å². The average molecular weight is 377 g/mol. The number of phenols is 1. The van der Waals surface area contributed by atoms with Gasteiger partial charge in [0.15, 0.2) is 5.58 Å². The summed E-state index contributed by atoms with van der Waals surface area (Å²) in [4.78, 5) is 9.05. The molecule has 1 heterocycles. The van der Waals surface area contributed by atoms with Crippen LogP contribution in [0.15, 0.2) is 64.0 Å². The van der Waals surface area contributed by atoms with Gasteiger partial charge < -0.3 is 9.52 Å². The van der Waals surface area contributed by atoms with Crippen LogP contribution < -0.4 is 0 Å². The van der Waals surface area contributed by atoms with E-state index < -0.39 is 0 Å². The molecule has 3 aromatic carbocycles. The molecule has 4 aromatic rings. The molecule has 0 aliphatic rings. The number of aliphatic imine (C=N–C) groups is 1. The number of nitrogens with zero attached hydrogens (tertiary/aromatic N) is 2. The number of fused-ring (bicyclic) bond motifs is 1. The molecule has 0 aliphatic carbocycles. The molecule has 134 valence electrons. The van der Waals surface area contributed by atoms with Crippen LogP contribution in [0.4, 0.5) is 5.69 Å². The van der Waals surface area contributed by atoms with Crippen LogP contribution >= 0.6 is 11.6 Å². The van der Waals surface area contributed by atoms with Crippen molar-refractivity contribution in [2.75, 3.05) is 0 Å². The molecule has 5 heteroatoms. The lowest BCUT2D eigenvalue weighted by Gasteiger charge is -2.03. The van der Waals surface area contributed by atoms with Crippen LogP contribution in [0.3, 0.4) is 0 Å². The van der Waals surface area contributed by atoms with Crippen molar-refractivity contribution in [3.05, 3.63) is 76.3 Å². The summed E-state index contributed by atoms with van der Waals surface area (Å²) in [6.07, 6.45) is 1.60. The number of aromatic hydroxyl groups is 1. The molecule has 4 rings (SSSR count). The van der Waals surface area contributed by atoms with Gasteiger partial charge in [-0.05, 0) is 73.5 Å². The van der Waals surface area contributed by atoms with Crippen molar-refractivity contribution in [3.63, 3.8) is 0 Å². The molecule has 0 aliphatic heterocycles. The first-order valence-electron chi connectivity index (χ1n) is 8.50. The number of hydrogen-bond acceptors (Lipinski definition) is 4. The Balaban J connectivity index is 1.65. The highest BCUT2D eigenvalue weighted by Gasteiger charge is 2.10. The lowest BCUT2D eigenvalue weighted by molar-refractivity contribution is 0.474. The first-order valence-corrected chi connectivity index (χ1v) is 8.88. The zero-order valence-corrected chi connectivity index (χ0v) is 15.7. The van der Waals surface area contributed by atoms with Crippen molar-refractivity contribution in [1.82, 2.24) is 4.98 Å². The molecular formula is C22H17ClN2O2. The second kappa shape index (κ2) is 6.89. The van der Waals surface area contributed by atoms with Crippen molar-refractivity contribution >= 4 is 34.6 Å². The van der Waals surface area contributed by atoms with Gasteiger partial charge in [-0.15, -0.1) is 0 Å². The summed E-state index contributed by atoms with van der Waals surface area (Å²) in [5.74, 6) is 0.723. The van der Waals surface area contributed by atoms with Crippen molar-refractivity contribution in [1.29, 1.82) is 0 Å². The Morgan fingerprint density at radius 3 is 2.70 bits per heavy atom. The minimum atomic E-state index is 0.138. The molecule has 4 nitrogen and oxygen atoms in total. The molecule has 0 atom stereocenters. The van der Waals surface area contributed by atoms with Gasteiger partial charge in [0.1, 0.15) is 11.3 Å². The van der Waals surface area contributed by atoms with E-state index in [0.29, 0.717) is 16.5 Å². The third-order valence-corrected chi connectivity index (χ3v) is 4.55. The largest absolute Gasteiger partial charge is 0.507 e. The second-order valence-corrected chi connectivity index (χ2v) is 6.89. The minimum Gasteiger partial charge on any atom is -0.507 e. The Kier molecular flexibility index (Phi) is 4.42. The highest BCUT2D eigenvalue weighted by atomic mass is 35.5. The second-order valence-electron chi connectivity index (χ2n) is 6.45. The Labute approximate surface area is 161 Å². The normalized spacial score (nSPS) is 11.5. The number of halogens is 1. The monoisotopic (exact) mass is 376 g/mol. The highest BCUT2D eigenvalue weighted by molar-refractivity contribution is 6.30. The molecule has 0 unspecified atom stereocenters. The van der Waals surface area contributed by atoms with Gasteiger partial charge in [0.2, 0.25) is 5.89 Å². The van der Waals surface area contributed by atoms with Gasteiger partial charge >= 0.3 is 0 Å². The van der Waals surface area contributed by atoms with E-state index in [9.17, 15) is 5.11 Å². The predicted octanol–water partition coefficient (Wildman–Crippen LogP) is 6.22. The molecule has 0 bridgehead atoms. The van der Waals surface area contributed by atoms with E-state index >= 15 is 0 Å². The van der Waals surface area contributed by atoms with Crippen LogP contribution in [-0.4, -0.2) is 16.3 Å². The zero-order valence-electron chi connectivity index (χ0n) is 14.9. The number of rotatable bonds is 3. The molecule has 27 heavy (non-hydrogen) atoms. The maximum Gasteiger partial charge on any atom is 0.227 e. The fourth-order valence-electron chi connectivity index (χ4n) is 2.86. The Hall–Kier alpha value is -3.11. The fourth-order valence-corrected chi connectivity index (χ4v) is 3.04. The lowest BCUT2D eigenvalue weighted by Crippen LogP contribution is -1.84. The molecular weight excluding hydrogens is 360 g/mol. The topological polar surface area (TPSA) is 58.6 Å². The summed E-state index contributed by atoms with van der Waals surface area (Å²) in [5.41, 5.74) is 6.00. The van der Waals surface area contributed by atoms with Gasteiger partial charge in [-0.2, -0.15) is 0 Å². The van der Waals surface area contributed by atoms with Gasteiger partial charge in [0.25, 0.3) is 0 Å².